The van der Waals surface area contributed by atoms with E-state index < -0.39 is 41.9 Å². The van der Waals surface area contributed by atoms with Crippen LogP contribution < -0.4 is 11.2 Å². The zero-order valence-electron chi connectivity index (χ0n) is 25.3. The van der Waals surface area contributed by atoms with Crippen LogP contribution in [0.1, 0.15) is 25.0 Å². The van der Waals surface area contributed by atoms with Crippen LogP contribution in [-0.2, 0) is 27.4 Å². The molecule has 0 amide bonds. The Morgan fingerprint density at radius 3 is 2.30 bits per heavy atom. The fourth-order valence-electron chi connectivity index (χ4n) is 4.06. The Labute approximate surface area is 288 Å². The van der Waals surface area contributed by atoms with Gasteiger partial charge < -0.3 is 34.0 Å². The molecule has 5 N–H and O–H groups in total. The minimum Gasteiger partial charge on any atom is -0.394 e. The summed E-state index contributed by atoms with van der Waals surface area (Å²) in [6.45, 7) is 7.69. The number of hydrogen-bond donors (Lipinski definition) is 5. The summed E-state index contributed by atoms with van der Waals surface area (Å²) in [5.41, 5.74) is -1.12. The lowest BCUT2D eigenvalue weighted by atomic mass is 10.1. The van der Waals surface area contributed by atoms with Crippen molar-refractivity contribution in [3.05, 3.63) is 72.3 Å². The van der Waals surface area contributed by atoms with Gasteiger partial charge in [-0.15, -0.1) is 11.8 Å². The summed E-state index contributed by atoms with van der Waals surface area (Å²) in [6, 6.07) is 8.94. The summed E-state index contributed by atoms with van der Waals surface area (Å²) < 4.78 is 12.5. The molecule has 2 aromatic carbocycles. The molecular formula is C28H35Cl2N4O8PS3. The number of hydrogen-bond acceptors (Lipinski definition) is 13. The Kier molecular flexibility index (Phi) is 15.0. The van der Waals surface area contributed by atoms with Gasteiger partial charge in [-0.3, -0.25) is 9.78 Å². The average molecular weight is 754 g/mol. The van der Waals surface area contributed by atoms with Crippen LogP contribution in [-0.4, -0.2) is 83.2 Å². The quantitative estimate of drug-likeness (QED) is 0.0564. The lowest BCUT2D eigenvalue weighted by Gasteiger charge is -2.25. The molecule has 0 radical (unpaired) electrons. The molecule has 0 bridgehead atoms. The predicted octanol–water partition coefficient (Wildman–Crippen LogP) is 4.35. The van der Waals surface area contributed by atoms with Crippen molar-refractivity contribution >= 4 is 74.9 Å². The van der Waals surface area contributed by atoms with Gasteiger partial charge in [-0.25, -0.2) is 9.78 Å². The standard InChI is InChI=1S/C17H20N4O6.C11H15Cl2O2PS3/c1-7-3-9-10(4-8(7)2)21(5-11(23)14(25)12(24)6-22)15-13(18-9)16(26)20-17(27)19-15;1-3-14-16(17,15-4-2)19-8-18-11-7-9(12)5-6-10(11)13/h3-4,11-12,14,22-25H,5-6H2,1-2H3,(H,20,26,27);5-7H,3-4,8H2,1-2H3/t11-,12+,14-;/m0./s1. The number of aliphatic hydroxyl groups excluding tert-OH is 4. The molecule has 4 rings (SSSR count). The van der Waals surface area contributed by atoms with Crippen LogP contribution in [0, 0.1) is 13.8 Å². The lowest BCUT2D eigenvalue weighted by molar-refractivity contribution is -0.0802. The number of aromatic nitrogens is 4. The zero-order valence-corrected chi connectivity index (χ0v) is 30.2. The number of thioether (sulfide) groups is 1. The molecule has 0 unspecified atom stereocenters. The molecule has 2 heterocycles. The number of aromatic amines is 1. The summed E-state index contributed by atoms with van der Waals surface area (Å²) in [6.07, 6.45) is -4.68. The first-order chi connectivity index (χ1) is 21.7. The van der Waals surface area contributed by atoms with Crippen LogP contribution in [0.5, 0.6) is 0 Å². The molecule has 0 aliphatic carbocycles. The minimum atomic E-state index is -2.23. The average Bonchev–Trinajstić information content (AvgIpc) is 3.00. The second kappa shape index (κ2) is 17.7. The van der Waals surface area contributed by atoms with Crippen molar-refractivity contribution in [1.29, 1.82) is 0 Å². The van der Waals surface area contributed by atoms with Gasteiger partial charge in [-0.05, 0) is 81.0 Å². The van der Waals surface area contributed by atoms with Crippen molar-refractivity contribution in [2.24, 2.45) is 0 Å². The van der Waals surface area contributed by atoms with Crippen LogP contribution in [0.25, 0.3) is 22.6 Å². The number of fused-ring (bicyclic) bond motifs is 2. The van der Waals surface area contributed by atoms with Crippen LogP contribution in [0.2, 0.25) is 10.0 Å². The fourth-order valence-corrected chi connectivity index (χ4v) is 11.6. The molecule has 18 heteroatoms. The van der Waals surface area contributed by atoms with Gasteiger partial charge in [0.05, 0.1) is 47.5 Å². The van der Waals surface area contributed by atoms with Gasteiger partial charge in [0.25, 0.3) is 5.56 Å². The maximum Gasteiger partial charge on any atom is 0.349 e. The molecular weight excluding hydrogens is 718 g/mol. The molecule has 0 aromatic heterocycles. The number of benzene rings is 2. The number of nitrogens with zero attached hydrogens (tertiary/aromatic N) is 3. The van der Waals surface area contributed by atoms with E-state index in [1.54, 1.807) is 36.0 Å². The highest BCUT2D eigenvalue weighted by Crippen LogP contribution is 2.62. The maximum absolute atomic E-state index is 12.2. The van der Waals surface area contributed by atoms with Crippen molar-refractivity contribution in [2.45, 2.75) is 57.4 Å². The van der Waals surface area contributed by atoms with Gasteiger partial charge in [-0.2, -0.15) is 4.98 Å². The van der Waals surface area contributed by atoms with E-state index in [1.165, 1.54) is 15.9 Å². The first kappa shape index (κ1) is 38.9. The van der Waals surface area contributed by atoms with Gasteiger partial charge >= 0.3 is 5.69 Å². The minimum absolute atomic E-state index is 0.0516. The molecule has 2 aliphatic heterocycles. The van der Waals surface area contributed by atoms with Gasteiger partial charge in [-0.1, -0.05) is 34.6 Å². The van der Waals surface area contributed by atoms with E-state index in [4.69, 9.17) is 49.2 Å². The zero-order chi connectivity index (χ0) is 34.2. The SMILES string of the molecule is CCOP(=S)(OCC)SCSc1cc(Cl)ccc1Cl.Cc1cc2nc3c(=O)[nH]c(=O)nc-3n(C[C@H](O)[C@H](O)[C@H](O)CO)c2cc1C. The number of nitrogens with one attached hydrogen (secondary N) is 1. The van der Waals surface area contributed by atoms with Crippen molar-refractivity contribution in [2.75, 3.05) is 24.9 Å². The molecule has 3 atom stereocenters. The predicted molar refractivity (Wildman–Crippen MR) is 188 cm³/mol. The fraction of sp³-hybridized carbons (Fsp3) is 0.429. The Morgan fingerprint density at radius 2 is 1.67 bits per heavy atom. The molecule has 0 saturated heterocycles. The van der Waals surface area contributed by atoms with Crippen molar-refractivity contribution in [3.8, 4) is 11.5 Å². The Bertz CT molecular complexity index is 1770. The highest BCUT2D eigenvalue weighted by molar-refractivity contribution is 8.69. The Balaban J connectivity index is 0.000000268. The molecule has 12 nitrogen and oxygen atoms in total. The van der Waals surface area contributed by atoms with E-state index >= 15 is 0 Å². The molecule has 46 heavy (non-hydrogen) atoms. The van der Waals surface area contributed by atoms with Gasteiger partial charge in [0.15, 0.2) is 11.5 Å². The van der Waals surface area contributed by atoms with E-state index in [-0.39, 0.29) is 18.1 Å². The summed E-state index contributed by atoms with van der Waals surface area (Å²) in [7, 11) is 0. The second-order valence-corrected chi connectivity index (χ2v) is 18.3. The summed E-state index contributed by atoms with van der Waals surface area (Å²) in [5, 5.41) is 40.9. The lowest BCUT2D eigenvalue weighted by Crippen LogP contribution is -2.42. The number of rotatable bonds is 13. The summed E-state index contributed by atoms with van der Waals surface area (Å²) >= 11 is 20.6. The van der Waals surface area contributed by atoms with Crippen LogP contribution in [0.4, 0.5) is 0 Å². The van der Waals surface area contributed by atoms with Gasteiger partial charge in [0.1, 0.15) is 18.3 Å². The second-order valence-electron chi connectivity index (χ2n) is 9.75. The summed E-state index contributed by atoms with van der Waals surface area (Å²) in [5.74, 6) is -0.0516. The highest BCUT2D eigenvalue weighted by Gasteiger charge is 2.27. The van der Waals surface area contributed by atoms with E-state index in [1.807, 2.05) is 33.8 Å². The number of aryl methyl sites for hydroxylation is 2. The first-order valence-electron chi connectivity index (χ1n) is 13.9. The molecule has 2 aromatic rings. The largest absolute Gasteiger partial charge is 0.394 e. The maximum atomic E-state index is 12.2. The number of aliphatic hydroxyl groups is 4. The highest BCUT2D eigenvalue weighted by atomic mass is 35.5. The van der Waals surface area contributed by atoms with Crippen molar-refractivity contribution < 1.29 is 29.5 Å². The molecule has 252 valence electrons. The van der Waals surface area contributed by atoms with Crippen molar-refractivity contribution in [1.82, 2.24) is 19.5 Å². The topological polar surface area (TPSA) is 180 Å². The van der Waals surface area contributed by atoms with Crippen LogP contribution in [0.3, 0.4) is 0 Å². The summed E-state index contributed by atoms with van der Waals surface area (Å²) in [4.78, 5) is 34.9. The number of H-pyrrole nitrogens is 1. The third-order valence-corrected chi connectivity index (χ3v) is 14.3. The van der Waals surface area contributed by atoms with E-state index in [9.17, 15) is 24.9 Å². The normalized spacial score (nSPS) is 13.8. The van der Waals surface area contributed by atoms with Gasteiger partial charge in [0.2, 0.25) is 5.69 Å². The first-order valence-corrected chi connectivity index (χ1v) is 19.9. The molecule has 0 spiro atoms. The monoisotopic (exact) mass is 752 g/mol. The Hall–Kier alpha value is -1.59. The molecule has 0 saturated carbocycles. The van der Waals surface area contributed by atoms with E-state index in [0.29, 0.717) is 34.3 Å². The molecule has 2 aliphatic rings. The van der Waals surface area contributed by atoms with Crippen molar-refractivity contribution in [3.63, 3.8) is 0 Å². The van der Waals surface area contributed by atoms with Crippen LogP contribution in [0.15, 0.2) is 44.8 Å². The van der Waals surface area contributed by atoms with E-state index in [0.717, 1.165) is 21.1 Å². The van der Waals surface area contributed by atoms with Crippen LogP contribution >= 0.6 is 52.0 Å². The smallest absolute Gasteiger partial charge is 0.349 e. The third-order valence-electron chi connectivity index (χ3n) is 6.46. The Morgan fingerprint density at radius 1 is 1.02 bits per heavy atom. The molecule has 0 fully saturated rings. The third kappa shape index (κ3) is 10.2. The number of halogens is 2. The van der Waals surface area contributed by atoms with E-state index in [2.05, 4.69) is 15.0 Å². The van der Waals surface area contributed by atoms with Gasteiger partial charge in [0, 0.05) is 9.92 Å².